The van der Waals surface area contributed by atoms with Crippen molar-refractivity contribution in [3.8, 4) is 0 Å². The van der Waals surface area contributed by atoms with Crippen LogP contribution in [0, 0.1) is 0 Å². The molecule has 2 N–H and O–H groups in total. The van der Waals surface area contributed by atoms with Crippen molar-refractivity contribution in [1.29, 1.82) is 0 Å². The van der Waals surface area contributed by atoms with Crippen LogP contribution in [0.5, 0.6) is 0 Å². The molecule has 2 fully saturated rings. The van der Waals surface area contributed by atoms with Crippen molar-refractivity contribution in [3.05, 3.63) is 0 Å². The normalized spacial score (nSPS) is 29.7. The van der Waals surface area contributed by atoms with Gasteiger partial charge in [-0.25, -0.2) is 0 Å². The monoisotopic (exact) mass is 212 g/mol. The Labute approximate surface area is 90.8 Å². The molecule has 0 bridgehead atoms. The number of carbonyl (C=O) groups is 1. The number of likely N-dealkylation sites (tertiary alicyclic amines) is 1. The second-order valence-corrected chi connectivity index (χ2v) is 4.54. The van der Waals surface area contributed by atoms with E-state index in [9.17, 15) is 4.79 Å². The molecule has 4 heteroatoms. The molecule has 0 aliphatic carbocycles. The summed E-state index contributed by atoms with van der Waals surface area (Å²) in [7, 11) is 0. The molecule has 0 aromatic carbocycles. The molecule has 2 rings (SSSR count). The zero-order chi connectivity index (χ0) is 10.9. The lowest BCUT2D eigenvalue weighted by atomic mass is 9.85. The summed E-state index contributed by atoms with van der Waals surface area (Å²) in [6, 6.07) is 0.163. The van der Waals surface area contributed by atoms with E-state index in [1.54, 1.807) is 0 Å². The van der Waals surface area contributed by atoms with Crippen molar-refractivity contribution in [2.75, 3.05) is 19.7 Å². The number of hydrogen-bond donors (Lipinski definition) is 1. The number of piperidine rings is 1. The summed E-state index contributed by atoms with van der Waals surface area (Å²) in [5, 5.41) is 0. The van der Waals surface area contributed by atoms with Gasteiger partial charge < -0.3 is 15.4 Å². The molecule has 1 unspecified atom stereocenters. The van der Waals surface area contributed by atoms with Crippen LogP contribution in [0.3, 0.4) is 0 Å². The lowest BCUT2D eigenvalue weighted by Gasteiger charge is -2.41. The second-order valence-electron chi connectivity index (χ2n) is 4.54. The van der Waals surface area contributed by atoms with E-state index in [0.717, 1.165) is 39.0 Å². The third-order valence-corrected chi connectivity index (χ3v) is 3.76. The summed E-state index contributed by atoms with van der Waals surface area (Å²) >= 11 is 0. The lowest BCUT2D eigenvalue weighted by molar-refractivity contribution is -0.136. The van der Waals surface area contributed by atoms with Gasteiger partial charge in [0, 0.05) is 32.2 Å². The van der Waals surface area contributed by atoms with E-state index in [2.05, 4.69) is 0 Å². The van der Waals surface area contributed by atoms with E-state index < -0.39 is 0 Å². The van der Waals surface area contributed by atoms with E-state index in [4.69, 9.17) is 10.5 Å². The molecule has 1 spiro atoms. The Morgan fingerprint density at radius 1 is 1.53 bits per heavy atom. The fourth-order valence-electron chi connectivity index (χ4n) is 2.63. The number of nitrogens with two attached hydrogens (primary N) is 1. The predicted molar refractivity (Wildman–Crippen MR) is 57.4 cm³/mol. The fraction of sp³-hybridized carbons (Fsp3) is 0.909. The van der Waals surface area contributed by atoms with Gasteiger partial charge in [-0.1, -0.05) is 6.92 Å². The Balaban J connectivity index is 1.94. The molecule has 1 amide bonds. The summed E-state index contributed by atoms with van der Waals surface area (Å²) in [4.78, 5) is 13.4. The van der Waals surface area contributed by atoms with E-state index in [0.29, 0.717) is 6.42 Å². The number of rotatable bonds is 1. The van der Waals surface area contributed by atoms with Crippen LogP contribution < -0.4 is 5.73 Å². The molecule has 0 aromatic heterocycles. The molecule has 0 saturated carbocycles. The molecule has 2 heterocycles. The maximum atomic E-state index is 11.5. The van der Waals surface area contributed by atoms with Crippen LogP contribution in [0.4, 0.5) is 0 Å². The minimum absolute atomic E-state index is 0.121. The van der Waals surface area contributed by atoms with E-state index in [1.165, 1.54) is 0 Å². The van der Waals surface area contributed by atoms with Gasteiger partial charge in [0.1, 0.15) is 0 Å². The molecule has 0 radical (unpaired) electrons. The van der Waals surface area contributed by atoms with Gasteiger partial charge in [0.2, 0.25) is 5.91 Å². The van der Waals surface area contributed by atoms with Crippen LogP contribution in [0.2, 0.25) is 0 Å². The van der Waals surface area contributed by atoms with E-state index in [-0.39, 0.29) is 17.6 Å². The molecule has 2 aliphatic rings. The average Bonchev–Trinajstić information content (AvgIpc) is 2.61. The lowest BCUT2D eigenvalue weighted by Crippen LogP contribution is -2.53. The smallest absolute Gasteiger partial charge is 0.222 e. The first kappa shape index (κ1) is 10.9. The molecular formula is C11H20N2O2. The standard InChI is InChI=1S/C11H20N2O2/c1-2-10(14)13-6-4-11(5-7-13)9(12)3-8-15-11/h9H,2-8,12H2,1H3. The summed E-state index contributed by atoms with van der Waals surface area (Å²) in [5.41, 5.74) is 5.95. The highest BCUT2D eigenvalue weighted by molar-refractivity contribution is 5.75. The first-order valence-corrected chi connectivity index (χ1v) is 5.85. The topological polar surface area (TPSA) is 55.6 Å². The van der Waals surface area contributed by atoms with E-state index in [1.807, 2.05) is 11.8 Å². The highest BCUT2D eigenvalue weighted by atomic mass is 16.5. The maximum absolute atomic E-state index is 11.5. The Hall–Kier alpha value is -0.610. The molecule has 86 valence electrons. The van der Waals surface area contributed by atoms with Gasteiger partial charge in [0.15, 0.2) is 0 Å². The van der Waals surface area contributed by atoms with E-state index >= 15 is 0 Å². The van der Waals surface area contributed by atoms with Gasteiger partial charge in [-0.2, -0.15) is 0 Å². The van der Waals surface area contributed by atoms with Gasteiger partial charge in [-0.15, -0.1) is 0 Å². The first-order chi connectivity index (χ1) is 7.18. The molecule has 2 saturated heterocycles. The highest BCUT2D eigenvalue weighted by Gasteiger charge is 2.44. The Morgan fingerprint density at radius 3 is 2.67 bits per heavy atom. The number of nitrogens with zero attached hydrogens (tertiary/aromatic N) is 1. The molecule has 2 aliphatic heterocycles. The largest absolute Gasteiger partial charge is 0.373 e. The summed E-state index contributed by atoms with van der Waals surface area (Å²) < 4.78 is 5.79. The zero-order valence-corrected chi connectivity index (χ0v) is 9.37. The Kier molecular flexibility index (Phi) is 2.98. The number of carbonyl (C=O) groups excluding carboxylic acids is 1. The zero-order valence-electron chi connectivity index (χ0n) is 9.37. The van der Waals surface area contributed by atoms with Crippen molar-refractivity contribution in [2.24, 2.45) is 5.73 Å². The minimum Gasteiger partial charge on any atom is -0.373 e. The SMILES string of the molecule is CCC(=O)N1CCC2(CC1)OCCC2N. The van der Waals surface area contributed by atoms with Crippen LogP contribution in [0.15, 0.2) is 0 Å². The number of hydrogen-bond acceptors (Lipinski definition) is 3. The average molecular weight is 212 g/mol. The van der Waals surface area contributed by atoms with Gasteiger partial charge in [0.05, 0.1) is 5.60 Å². The quantitative estimate of drug-likeness (QED) is 0.689. The Morgan fingerprint density at radius 2 is 2.20 bits per heavy atom. The van der Waals surface area contributed by atoms with Crippen LogP contribution in [0.1, 0.15) is 32.6 Å². The number of ether oxygens (including phenoxy) is 1. The van der Waals surface area contributed by atoms with Gasteiger partial charge in [-0.05, 0) is 19.3 Å². The minimum atomic E-state index is -0.121. The van der Waals surface area contributed by atoms with Gasteiger partial charge in [-0.3, -0.25) is 4.79 Å². The van der Waals surface area contributed by atoms with Crippen LogP contribution in [-0.4, -0.2) is 42.1 Å². The molecule has 1 atom stereocenters. The molecule has 4 nitrogen and oxygen atoms in total. The third kappa shape index (κ3) is 1.88. The summed E-state index contributed by atoms with van der Waals surface area (Å²) in [6.07, 6.45) is 3.36. The maximum Gasteiger partial charge on any atom is 0.222 e. The van der Waals surface area contributed by atoms with Crippen molar-refractivity contribution in [2.45, 2.75) is 44.2 Å². The second kappa shape index (κ2) is 4.10. The van der Waals surface area contributed by atoms with Gasteiger partial charge in [0.25, 0.3) is 0 Å². The van der Waals surface area contributed by atoms with Crippen molar-refractivity contribution in [1.82, 2.24) is 4.90 Å². The third-order valence-electron chi connectivity index (χ3n) is 3.76. The van der Waals surface area contributed by atoms with Crippen LogP contribution in [0.25, 0.3) is 0 Å². The van der Waals surface area contributed by atoms with Gasteiger partial charge >= 0.3 is 0 Å². The van der Waals surface area contributed by atoms with Crippen LogP contribution in [-0.2, 0) is 9.53 Å². The molecular weight excluding hydrogens is 192 g/mol. The molecule has 15 heavy (non-hydrogen) atoms. The van der Waals surface area contributed by atoms with Crippen molar-refractivity contribution >= 4 is 5.91 Å². The van der Waals surface area contributed by atoms with Crippen molar-refractivity contribution < 1.29 is 9.53 Å². The van der Waals surface area contributed by atoms with Crippen molar-refractivity contribution in [3.63, 3.8) is 0 Å². The number of amides is 1. The summed E-state index contributed by atoms with van der Waals surface area (Å²) in [5.74, 6) is 0.247. The summed E-state index contributed by atoms with van der Waals surface area (Å²) in [6.45, 7) is 4.30. The highest BCUT2D eigenvalue weighted by Crippen LogP contribution is 2.34. The first-order valence-electron chi connectivity index (χ1n) is 5.85. The predicted octanol–water partition coefficient (Wildman–Crippen LogP) is 0.505. The van der Waals surface area contributed by atoms with Crippen LogP contribution >= 0.6 is 0 Å². The fourth-order valence-corrected chi connectivity index (χ4v) is 2.63. The Bertz CT molecular complexity index is 247. The molecule has 0 aromatic rings.